The zero-order chi connectivity index (χ0) is 24.4. The SMILES string of the molecule is O=C(O)c1ccc(N2CN(c3ccc(C(=O)O)cc3)[C@H](c3ccccc3)[C@H]2c2ccccc2)cc1. The monoisotopic (exact) mass is 464 g/mol. The maximum Gasteiger partial charge on any atom is 0.335 e. The molecule has 2 atom stereocenters. The highest BCUT2D eigenvalue weighted by Crippen LogP contribution is 2.47. The van der Waals surface area contributed by atoms with Gasteiger partial charge in [0.25, 0.3) is 0 Å². The molecule has 0 radical (unpaired) electrons. The maximum absolute atomic E-state index is 11.4. The molecule has 6 heteroatoms. The fourth-order valence-electron chi connectivity index (χ4n) is 4.78. The molecule has 174 valence electrons. The number of benzene rings is 4. The van der Waals surface area contributed by atoms with Crippen molar-refractivity contribution in [1.82, 2.24) is 0 Å². The highest BCUT2D eigenvalue weighted by Gasteiger charge is 2.42. The van der Waals surface area contributed by atoms with Crippen LogP contribution in [0.3, 0.4) is 0 Å². The largest absolute Gasteiger partial charge is 0.478 e. The molecule has 0 bridgehead atoms. The zero-order valence-electron chi connectivity index (χ0n) is 18.9. The van der Waals surface area contributed by atoms with Crippen molar-refractivity contribution in [2.75, 3.05) is 16.5 Å². The summed E-state index contributed by atoms with van der Waals surface area (Å²) in [4.78, 5) is 27.3. The number of aromatic carboxylic acids is 2. The van der Waals surface area contributed by atoms with E-state index in [0.29, 0.717) is 6.67 Å². The molecule has 2 N–H and O–H groups in total. The molecule has 4 aromatic carbocycles. The van der Waals surface area contributed by atoms with Crippen LogP contribution in [0, 0.1) is 0 Å². The van der Waals surface area contributed by atoms with Gasteiger partial charge in [0, 0.05) is 11.4 Å². The summed E-state index contributed by atoms with van der Waals surface area (Å²) in [6, 6.07) is 34.3. The van der Waals surface area contributed by atoms with Crippen LogP contribution in [0.15, 0.2) is 109 Å². The number of carboxylic acids is 2. The molecular weight excluding hydrogens is 440 g/mol. The molecule has 0 amide bonds. The number of nitrogens with zero attached hydrogens (tertiary/aromatic N) is 2. The fourth-order valence-corrected chi connectivity index (χ4v) is 4.78. The Kier molecular flexibility index (Phi) is 5.94. The molecule has 1 aliphatic rings. The van der Waals surface area contributed by atoms with E-state index < -0.39 is 11.9 Å². The van der Waals surface area contributed by atoms with Crippen LogP contribution in [-0.4, -0.2) is 28.8 Å². The van der Waals surface area contributed by atoms with Crippen molar-refractivity contribution in [3.8, 4) is 0 Å². The lowest BCUT2D eigenvalue weighted by molar-refractivity contribution is 0.0686. The number of anilines is 2. The zero-order valence-corrected chi connectivity index (χ0v) is 18.9. The minimum Gasteiger partial charge on any atom is -0.478 e. The summed E-state index contributed by atoms with van der Waals surface area (Å²) in [6.07, 6.45) is 0. The molecule has 35 heavy (non-hydrogen) atoms. The third-order valence-corrected chi connectivity index (χ3v) is 6.45. The van der Waals surface area contributed by atoms with Crippen molar-refractivity contribution in [3.63, 3.8) is 0 Å². The molecule has 0 spiro atoms. The molecule has 1 heterocycles. The van der Waals surface area contributed by atoms with E-state index >= 15 is 0 Å². The Hall–Kier alpha value is -4.58. The topological polar surface area (TPSA) is 81.1 Å². The molecule has 1 fully saturated rings. The predicted molar refractivity (Wildman–Crippen MR) is 135 cm³/mol. The average Bonchev–Trinajstić information content (AvgIpc) is 3.30. The number of rotatable bonds is 6. The number of hydrogen-bond donors (Lipinski definition) is 2. The molecule has 0 unspecified atom stereocenters. The standard InChI is InChI=1S/C29H24N2O4/c32-28(33)22-11-15-24(16-12-22)30-19-31(25-17-13-23(14-18-25)29(34)35)27(21-9-5-2-6-10-21)26(30)20-7-3-1-4-8-20/h1-18,26-27H,19H2,(H,32,33)(H,34,35)/t26-,27-/m1/s1. The van der Waals surface area contributed by atoms with Crippen LogP contribution >= 0.6 is 0 Å². The van der Waals surface area contributed by atoms with Crippen molar-refractivity contribution in [1.29, 1.82) is 0 Å². The smallest absolute Gasteiger partial charge is 0.335 e. The Morgan fingerprint density at radius 3 is 1.20 bits per heavy atom. The summed E-state index contributed by atoms with van der Waals surface area (Å²) >= 11 is 0. The Bertz CT molecular complexity index is 1220. The van der Waals surface area contributed by atoms with Gasteiger partial charge in [-0.1, -0.05) is 60.7 Å². The lowest BCUT2D eigenvalue weighted by Crippen LogP contribution is -2.26. The van der Waals surface area contributed by atoms with Crippen LogP contribution in [0.25, 0.3) is 0 Å². The molecular formula is C29H24N2O4. The van der Waals surface area contributed by atoms with Gasteiger partial charge in [-0.2, -0.15) is 0 Å². The van der Waals surface area contributed by atoms with Crippen LogP contribution in [0.4, 0.5) is 11.4 Å². The van der Waals surface area contributed by atoms with Gasteiger partial charge in [-0.3, -0.25) is 0 Å². The van der Waals surface area contributed by atoms with Crippen LogP contribution in [0.2, 0.25) is 0 Å². The second-order valence-corrected chi connectivity index (χ2v) is 8.50. The van der Waals surface area contributed by atoms with Crippen molar-refractivity contribution in [3.05, 3.63) is 131 Å². The third kappa shape index (κ3) is 4.34. The normalized spacial score (nSPS) is 17.4. The van der Waals surface area contributed by atoms with E-state index in [1.54, 1.807) is 24.3 Å². The summed E-state index contributed by atoms with van der Waals surface area (Å²) in [5.41, 5.74) is 4.57. The van der Waals surface area contributed by atoms with Gasteiger partial charge in [0.1, 0.15) is 0 Å². The Labute approximate surface area is 203 Å². The summed E-state index contributed by atoms with van der Waals surface area (Å²) < 4.78 is 0. The molecule has 6 nitrogen and oxygen atoms in total. The number of carboxylic acid groups (broad SMARTS) is 2. The minimum atomic E-state index is -0.958. The third-order valence-electron chi connectivity index (χ3n) is 6.45. The molecule has 0 aliphatic carbocycles. The quantitative estimate of drug-likeness (QED) is 0.373. The first kappa shape index (κ1) is 22.2. The van der Waals surface area contributed by atoms with Crippen molar-refractivity contribution < 1.29 is 19.8 Å². The summed E-state index contributed by atoms with van der Waals surface area (Å²) in [7, 11) is 0. The average molecular weight is 465 g/mol. The van der Waals surface area contributed by atoms with E-state index in [0.717, 1.165) is 22.5 Å². The first-order valence-electron chi connectivity index (χ1n) is 11.3. The predicted octanol–water partition coefficient (Wildman–Crippen LogP) is 5.85. The summed E-state index contributed by atoms with van der Waals surface area (Å²) in [5, 5.41) is 18.7. The van der Waals surface area contributed by atoms with Crippen molar-refractivity contribution in [2.45, 2.75) is 12.1 Å². The van der Waals surface area contributed by atoms with Crippen LogP contribution in [0.5, 0.6) is 0 Å². The Balaban J connectivity index is 1.65. The highest BCUT2D eigenvalue weighted by molar-refractivity contribution is 5.88. The van der Waals surface area contributed by atoms with E-state index in [9.17, 15) is 19.8 Å². The van der Waals surface area contributed by atoms with Gasteiger partial charge in [-0.15, -0.1) is 0 Å². The summed E-state index contributed by atoms with van der Waals surface area (Å²) in [5.74, 6) is -1.92. The van der Waals surface area contributed by atoms with Gasteiger partial charge in [-0.25, -0.2) is 9.59 Å². The maximum atomic E-state index is 11.4. The van der Waals surface area contributed by atoms with Gasteiger partial charge < -0.3 is 20.0 Å². The van der Waals surface area contributed by atoms with Gasteiger partial charge in [0.2, 0.25) is 0 Å². The lowest BCUT2D eigenvalue weighted by atomic mass is 9.92. The van der Waals surface area contributed by atoms with Crippen LogP contribution in [-0.2, 0) is 0 Å². The van der Waals surface area contributed by atoms with E-state index in [1.165, 1.54) is 0 Å². The lowest BCUT2D eigenvalue weighted by Gasteiger charge is -2.30. The second kappa shape index (κ2) is 9.35. The van der Waals surface area contributed by atoms with Gasteiger partial charge in [0.05, 0.1) is 29.9 Å². The molecule has 1 saturated heterocycles. The first-order valence-corrected chi connectivity index (χ1v) is 11.3. The fraction of sp³-hybridized carbons (Fsp3) is 0.103. The highest BCUT2D eigenvalue weighted by atomic mass is 16.4. The van der Waals surface area contributed by atoms with Crippen molar-refractivity contribution >= 4 is 23.3 Å². The van der Waals surface area contributed by atoms with E-state index in [-0.39, 0.29) is 23.2 Å². The second-order valence-electron chi connectivity index (χ2n) is 8.50. The van der Waals surface area contributed by atoms with Crippen LogP contribution < -0.4 is 9.80 Å². The molecule has 0 saturated carbocycles. The van der Waals surface area contributed by atoms with Crippen molar-refractivity contribution in [2.24, 2.45) is 0 Å². The number of hydrogen-bond acceptors (Lipinski definition) is 4. The molecule has 1 aliphatic heterocycles. The first-order chi connectivity index (χ1) is 17.0. The molecule has 5 rings (SSSR count). The number of carbonyl (C=O) groups is 2. The summed E-state index contributed by atoms with van der Waals surface area (Å²) in [6.45, 7) is 0.540. The minimum absolute atomic E-state index is 0.0616. The molecule has 0 aromatic heterocycles. The van der Waals surface area contributed by atoms with E-state index in [4.69, 9.17) is 0 Å². The van der Waals surface area contributed by atoms with Gasteiger partial charge in [-0.05, 0) is 59.7 Å². The Morgan fingerprint density at radius 2 is 0.886 bits per heavy atom. The molecule has 4 aromatic rings. The van der Waals surface area contributed by atoms with E-state index in [2.05, 4.69) is 34.1 Å². The Morgan fingerprint density at radius 1 is 0.543 bits per heavy atom. The van der Waals surface area contributed by atoms with E-state index in [1.807, 2.05) is 60.7 Å². The van der Waals surface area contributed by atoms with Gasteiger partial charge in [0.15, 0.2) is 0 Å². The van der Waals surface area contributed by atoms with Crippen LogP contribution in [0.1, 0.15) is 43.9 Å². The van der Waals surface area contributed by atoms with Gasteiger partial charge >= 0.3 is 11.9 Å².